The Morgan fingerprint density at radius 2 is 2.07 bits per heavy atom. The van der Waals surface area contributed by atoms with Crippen LogP contribution in [0.15, 0.2) is 22.7 Å². The molecule has 0 bridgehead atoms. The molecule has 0 aliphatic heterocycles. The maximum absolute atomic E-state index is 13.6. The smallest absolute Gasteiger partial charge is 0.128 e. The molecule has 1 aromatic carbocycles. The van der Waals surface area contributed by atoms with Crippen LogP contribution in [0.4, 0.5) is 4.39 Å². The fraction of sp³-hybridized carbons (Fsp3) is 0.455. The summed E-state index contributed by atoms with van der Waals surface area (Å²) in [5.41, 5.74) is -0.560. The highest BCUT2D eigenvalue weighted by Crippen LogP contribution is 2.29. The van der Waals surface area contributed by atoms with Gasteiger partial charge in [-0.25, -0.2) is 4.39 Å². The van der Waals surface area contributed by atoms with Gasteiger partial charge in [0.25, 0.3) is 0 Å². The van der Waals surface area contributed by atoms with E-state index in [1.165, 1.54) is 6.07 Å². The molecule has 1 rings (SSSR count). The SMILES string of the molecule is CNC(c1cc(Br)ccc1F)C(C)(C)O. The number of hydrogen-bond donors (Lipinski definition) is 2. The summed E-state index contributed by atoms with van der Waals surface area (Å²) in [5.74, 6) is -0.320. The summed E-state index contributed by atoms with van der Waals surface area (Å²) < 4.78 is 14.4. The van der Waals surface area contributed by atoms with Crippen molar-refractivity contribution in [2.75, 3.05) is 7.05 Å². The highest BCUT2D eigenvalue weighted by molar-refractivity contribution is 9.10. The van der Waals surface area contributed by atoms with Crippen molar-refractivity contribution < 1.29 is 9.50 Å². The van der Waals surface area contributed by atoms with Crippen LogP contribution in [0.1, 0.15) is 25.5 Å². The Bertz CT molecular complexity index is 349. The minimum Gasteiger partial charge on any atom is -0.388 e. The average Bonchev–Trinajstić information content (AvgIpc) is 2.10. The van der Waals surface area contributed by atoms with Gasteiger partial charge in [0.2, 0.25) is 0 Å². The van der Waals surface area contributed by atoms with Gasteiger partial charge in [0.1, 0.15) is 5.82 Å². The average molecular weight is 276 g/mol. The second-order valence-corrected chi connectivity index (χ2v) is 4.96. The predicted molar refractivity (Wildman–Crippen MR) is 62.2 cm³/mol. The molecule has 1 unspecified atom stereocenters. The molecule has 0 saturated carbocycles. The van der Waals surface area contributed by atoms with Crippen LogP contribution in [0, 0.1) is 5.82 Å². The lowest BCUT2D eigenvalue weighted by molar-refractivity contribution is 0.0387. The minimum atomic E-state index is -1.02. The highest BCUT2D eigenvalue weighted by atomic mass is 79.9. The van der Waals surface area contributed by atoms with Gasteiger partial charge in [-0.05, 0) is 39.1 Å². The summed E-state index contributed by atoms with van der Waals surface area (Å²) in [7, 11) is 1.70. The summed E-state index contributed by atoms with van der Waals surface area (Å²) in [4.78, 5) is 0. The van der Waals surface area contributed by atoms with Crippen LogP contribution in [-0.2, 0) is 0 Å². The van der Waals surface area contributed by atoms with Gasteiger partial charge in [0.05, 0.1) is 11.6 Å². The number of likely N-dealkylation sites (N-methyl/N-ethyl adjacent to an activating group) is 1. The maximum atomic E-state index is 13.6. The maximum Gasteiger partial charge on any atom is 0.128 e. The first-order valence-electron chi connectivity index (χ1n) is 4.71. The van der Waals surface area contributed by atoms with E-state index in [1.807, 2.05) is 0 Å². The van der Waals surface area contributed by atoms with Gasteiger partial charge < -0.3 is 10.4 Å². The van der Waals surface area contributed by atoms with Crippen LogP contribution in [0.2, 0.25) is 0 Å². The molecule has 2 nitrogen and oxygen atoms in total. The molecule has 0 saturated heterocycles. The predicted octanol–water partition coefficient (Wildman–Crippen LogP) is 2.62. The second kappa shape index (κ2) is 4.60. The Balaban J connectivity index is 3.18. The zero-order chi connectivity index (χ0) is 11.6. The highest BCUT2D eigenvalue weighted by Gasteiger charge is 2.29. The van der Waals surface area contributed by atoms with Crippen molar-refractivity contribution in [1.29, 1.82) is 0 Å². The molecular formula is C11H15BrFNO. The molecule has 0 aliphatic rings. The third-order valence-corrected chi connectivity index (χ3v) is 2.76. The van der Waals surface area contributed by atoms with Gasteiger partial charge in [-0.15, -0.1) is 0 Å². The fourth-order valence-electron chi connectivity index (χ4n) is 1.63. The largest absolute Gasteiger partial charge is 0.388 e. The molecule has 0 fully saturated rings. The number of rotatable bonds is 3. The summed E-state index contributed by atoms with van der Waals surface area (Å²) in [6.45, 7) is 3.29. The van der Waals surface area contributed by atoms with E-state index in [0.29, 0.717) is 5.56 Å². The Hall–Kier alpha value is -0.450. The van der Waals surface area contributed by atoms with E-state index in [0.717, 1.165) is 4.47 Å². The van der Waals surface area contributed by atoms with E-state index in [1.54, 1.807) is 33.0 Å². The summed E-state index contributed by atoms with van der Waals surface area (Å²) >= 11 is 3.28. The summed E-state index contributed by atoms with van der Waals surface area (Å²) in [6.07, 6.45) is 0. The molecule has 0 aromatic heterocycles. The van der Waals surface area contributed by atoms with Crippen molar-refractivity contribution in [1.82, 2.24) is 5.32 Å². The quantitative estimate of drug-likeness (QED) is 0.889. The van der Waals surface area contributed by atoms with Crippen molar-refractivity contribution in [3.8, 4) is 0 Å². The number of benzene rings is 1. The standard InChI is InChI=1S/C11H15BrFNO/c1-11(2,15)10(14-3)8-6-7(12)4-5-9(8)13/h4-6,10,14-15H,1-3H3. The Kier molecular flexibility index (Phi) is 3.87. The lowest BCUT2D eigenvalue weighted by Crippen LogP contribution is -2.37. The number of hydrogen-bond acceptors (Lipinski definition) is 2. The normalized spacial score (nSPS) is 14.0. The molecule has 4 heteroatoms. The lowest BCUT2D eigenvalue weighted by atomic mass is 9.92. The number of halogens is 2. The Labute approximate surface area is 97.6 Å². The van der Waals surface area contributed by atoms with Gasteiger partial charge in [-0.3, -0.25) is 0 Å². The molecule has 0 amide bonds. The summed E-state index contributed by atoms with van der Waals surface area (Å²) in [6, 6.07) is 4.26. The van der Waals surface area contributed by atoms with Crippen LogP contribution >= 0.6 is 15.9 Å². The van der Waals surface area contributed by atoms with Gasteiger partial charge in [-0.2, -0.15) is 0 Å². The van der Waals surface area contributed by atoms with Crippen molar-refractivity contribution in [2.24, 2.45) is 0 Å². The van der Waals surface area contributed by atoms with Crippen LogP contribution in [-0.4, -0.2) is 17.8 Å². The molecule has 1 aromatic rings. The van der Waals surface area contributed by atoms with Gasteiger partial charge in [0, 0.05) is 10.0 Å². The Morgan fingerprint density at radius 1 is 1.47 bits per heavy atom. The second-order valence-electron chi connectivity index (χ2n) is 4.04. The first kappa shape index (κ1) is 12.6. The molecule has 1 atom stereocenters. The monoisotopic (exact) mass is 275 g/mol. The van der Waals surface area contributed by atoms with E-state index in [-0.39, 0.29) is 5.82 Å². The van der Waals surface area contributed by atoms with E-state index in [4.69, 9.17) is 0 Å². The van der Waals surface area contributed by atoms with E-state index in [9.17, 15) is 9.50 Å². The molecule has 84 valence electrons. The van der Waals surface area contributed by atoms with Crippen molar-refractivity contribution in [3.05, 3.63) is 34.1 Å². The fourth-order valence-corrected chi connectivity index (χ4v) is 2.00. The first-order chi connectivity index (χ1) is 6.86. The number of nitrogens with one attached hydrogen (secondary N) is 1. The van der Waals surface area contributed by atoms with Gasteiger partial charge in [0.15, 0.2) is 0 Å². The minimum absolute atomic E-state index is 0.320. The van der Waals surface area contributed by atoms with Gasteiger partial charge in [-0.1, -0.05) is 15.9 Å². The third kappa shape index (κ3) is 3.00. The van der Waals surface area contributed by atoms with Crippen molar-refractivity contribution in [3.63, 3.8) is 0 Å². The molecule has 2 N–H and O–H groups in total. The van der Waals surface area contributed by atoms with E-state index >= 15 is 0 Å². The van der Waals surface area contributed by atoms with Crippen molar-refractivity contribution in [2.45, 2.75) is 25.5 Å². The lowest BCUT2D eigenvalue weighted by Gasteiger charge is -2.29. The molecular weight excluding hydrogens is 261 g/mol. The van der Waals surface area contributed by atoms with Crippen LogP contribution in [0.3, 0.4) is 0 Å². The molecule has 0 heterocycles. The van der Waals surface area contributed by atoms with Crippen molar-refractivity contribution >= 4 is 15.9 Å². The third-order valence-electron chi connectivity index (χ3n) is 2.26. The molecule has 0 aliphatic carbocycles. The van der Waals surface area contributed by atoms with Crippen LogP contribution in [0.5, 0.6) is 0 Å². The van der Waals surface area contributed by atoms with E-state index in [2.05, 4.69) is 21.2 Å². The summed E-state index contributed by atoms with van der Waals surface area (Å²) in [5, 5.41) is 12.8. The van der Waals surface area contributed by atoms with Crippen LogP contribution < -0.4 is 5.32 Å². The molecule has 0 spiro atoms. The zero-order valence-electron chi connectivity index (χ0n) is 9.01. The van der Waals surface area contributed by atoms with Crippen LogP contribution in [0.25, 0.3) is 0 Å². The van der Waals surface area contributed by atoms with Gasteiger partial charge >= 0.3 is 0 Å². The topological polar surface area (TPSA) is 32.3 Å². The first-order valence-corrected chi connectivity index (χ1v) is 5.50. The Morgan fingerprint density at radius 3 is 2.53 bits per heavy atom. The zero-order valence-corrected chi connectivity index (χ0v) is 10.6. The molecule has 0 radical (unpaired) electrons. The number of aliphatic hydroxyl groups is 1. The molecule has 15 heavy (non-hydrogen) atoms. The van der Waals surface area contributed by atoms with E-state index < -0.39 is 11.6 Å².